The zero-order valence-corrected chi connectivity index (χ0v) is 69.9. The van der Waals surface area contributed by atoms with E-state index in [1.165, 1.54) is 230 Å². The van der Waals surface area contributed by atoms with Crippen LogP contribution in [0.15, 0.2) is 466 Å². The number of hydrogen-bond donors (Lipinski definition) is 0. The number of benzene rings is 22. The van der Waals surface area contributed by atoms with Crippen molar-refractivity contribution in [3.63, 3.8) is 0 Å². The third-order valence-corrected chi connectivity index (χ3v) is 26.5. The van der Waals surface area contributed by atoms with Crippen LogP contribution >= 0.6 is 15.9 Å². The summed E-state index contributed by atoms with van der Waals surface area (Å²) in [6.45, 7) is 0. The fourth-order valence-corrected chi connectivity index (χ4v) is 20.8. The molecule has 0 N–H and O–H groups in total. The Bertz CT molecular complexity index is 8480. The summed E-state index contributed by atoms with van der Waals surface area (Å²) in [4.78, 5) is 0. The van der Waals surface area contributed by atoms with Crippen molar-refractivity contribution < 1.29 is 0 Å². The molecule has 4 heteroatoms. The predicted octanol–water partition coefficient (Wildman–Crippen LogP) is 33.6. The van der Waals surface area contributed by atoms with Gasteiger partial charge in [0.25, 0.3) is 0 Å². The smallest absolute Gasteiger partial charge is 0.0547 e. The van der Waals surface area contributed by atoms with E-state index in [0.717, 1.165) is 16.6 Å². The molecule has 1 aliphatic carbocycles. The molecule has 3 nitrogen and oxygen atoms in total. The average Bonchev–Trinajstić information content (AvgIpc) is 1.62. The summed E-state index contributed by atoms with van der Waals surface area (Å²) in [5.41, 5.74) is 31.5. The lowest BCUT2D eigenvalue weighted by Gasteiger charge is -2.18. The topological polar surface area (TPSA) is 14.8 Å². The second-order valence-corrected chi connectivity index (χ2v) is 33.8. The number of nitrogens with zero attached hydrogens (tertiary/aromatic N) is 3. The molecule has 26 rings (SSSR count). The molecule has 22 aromatic carbocycles. The maximum Gasteiger partial charge on any atom is 0.0547 e. The van der Waals surface area contributed by atoms with Gasteiger partial charge in [-0.25, -0.2) is 0 Å². The molecule has 0 fully saturated rings. The molecule has 584 valence electrons. The highest BCUT2D eigenvalue weighted by molar-refractivity contribution is 9.10. The van der Waals surface area contributed by atoms with Crippen LogP contribution in [-0.2, 0) is 6.42 Å². The number of fused-ring (bicyclic) bond motifs is 20. The van der Waals surface area contributed by atoms with Gasteiger partial charge in [0.15, 0.2) is 0 Å². The Balaban J connectivity index is 0.000000117. The standard InChI is InChI=1S/C60H38N2.C35H23N.C26H17Br/c1-3-16-40(17-4-1)58-48-22-9-11-24-50(48)59(51-25-12-10-23-49(51)58)41-27-32-45(33-28-41)62-56-36-30-39-15-7-8-20-46(39)60(56)52-34-29-43(38-57(52)62)42-31-35-55-53(37-42)47-21-13-14-26-54(47)61(55)44-18-5-2-6-19-44;1-2-9-28(10-3-1)36-33-13-7-6-12-31(33)32-22-25(17-19-34(32)36)24-16-18-30-27(20-24)21-26-15-14-23-8-4-5-11-29(23)35(26)30;27-20-16-14-19(15-17-20)26-23-12-6-4-10-21(23)25(18-8-2-1-3-9-18)22-11-5-7-13-24(22)26/h1-38H;1-20,22H,21H2;1-17H. The molecule has 0 bridgehead atoms. The minimum Gasteiger partial charge on any atom is -0.309 e. The Morgan fingerprint density at radius 3 is 0.968 bits per heavy atom. The summed E-state index contributed by atoms with van der Waals surface area (Å²) < 4.78 is 8.33. The van der Waals surface area contributed by atoms with Crippen molar-refractivity contribution >= 4 is 146 Å². The van der Waals surface area contributed by atoms with E-state index in [9.17, 15) is 0 Å². The van der Waals surface area contributed by atoms with Gasteiger partial charge in [-0.2, -0.15) is 0 Å². The van der Waals surface area contributed by atoms with Gasteiger partial charge in [-0.15, -0.1) is 0 Å². The van der Waals surface area contributed by atoms with E-state index in [4.69, 9.17) is 0 Å². The van der Waals surface area contributed by atoms with Crippen LogP contribution in [0.1, 0.15) is 11.1 Å². The van der Waals surface area contributed by atoms with E-state index in [0.29, 0.717) is 0 Å². The van der Waals surface area contributed by atoms with Crippen molar-refractivity contribution in [1.29, 1.82) is 0 Å². The van der Waals surface area contributed by atoms with E-state index in [2.05, 4.69) is 491 Å². The Labute approximate surface area is 732 Å². The molecule has 1 aliphatic rings. The van der Waals surface area contributed by atoms with Crippen LogP contribution in [0.3, 0.4) is 0 Å². The van der Waals surface area contributed by atoms with Crippen molar-refractivity contribution in [3.05, 3.63) is 477 Å². The summed E-state index contributed by atoms with van der Waals surface area (Å²) in [6, 6.07) is 168. The lowest BCUT2D eigenvalue weighted by Crippen LogP contribution is -1.95. The summed E-state index contributed by atoms with van der Waals surface area (Å²) in [5, 5.41) is 23.0. The minimum absolute atomic E-state index is 0.999. The van der Waals surface area contributed by atoms with Gasteiger partial charge in [0.2, 0.25) is 0 Å². The third kappa shape index (κ3) is 12.4. The molecule has 0 atom stereocenters. The molecule has 0 radical (unpaired) electrons. The summed E-state index contributed by atoms with van der Waals surface area (Å²) >= 11 is 3.56. The molecule has 0 spiro atoms. The van der Waals surface area contributed by atoms with E-state index in [1.54, 1.807) is 0 Å². The number of hydrogen-bond acceptors (Lipinski definition) is 0. The number of halogens is 1. The second kappa shape index (κ2) is 30.5. The molecule has 0 aliphatic heterocycles. The Kier molecular flexibility index (Phi) is 17.8. The zero-order chi connectivity index (χ0) is 82.6. The number of rotatable bonds is 9. The van der Waals surface area contributed by atoms with E-state index < -0.39 is 0 Å². The van der Waals surface area contributed by atoms with Crippen LogP contribution in [0.5, 0.6) is 0 Å². The van der Waals surface area contributed by atoms with Gasteiger partial charge in [0, 0.05) is 53.9 Å². The lowest BCUT2D eigenvalue weighted by atomic mass is 9.86. The summed E-state index contributed by atoms with van der Waals surface area (Å²) in [6.07, 6.45) is 0.999. The summed E-state index contributed by atoms with van der Waals surface area (Å²) in [7, 11) is 0. The predicted molar refractivity (Wildman–Crippen MR) is 536 cm³/mol. The molecule has 0 saturated carbocycles. The van der Waals surface area contributed by atoms with E-state index in [1.807, 2.05) is 0 Å². The molecular weight excluding hydrogens is 1580 g/mol. The van der Waals surface area contributed by atoms with Crippen molar-refractivity contribution in [1.82, 2.24) is 13.7 Å². The molecule has 3 heterocycles. The van der Waals surface area contributed by atoms with Crippen LogP contribution in [0.4, 0.5) is 0 Å². The van der Waals surface area contributed by atoms with Crippen LogP contribution in [0.2, 0.25) is 0 Å². The summed E-state index contributed by atoms with van der Waals surface area (Å²) in [5.74, 6) is 0. The largest absolute Gasteiger partial charge is 0.309 e. The maximum absolute atomic E-state index is 3.56. The fraction of sp³-hybridized carbons (Fsp3) is 0.00826. The molecule has 25 aromatic rings. The monoisotopic (exact) mass is 1650 g/mol. The molecule has 0 unspecified atom stereocenters. The molecular formula is C121H78BrN3. The Hall–Kier alpha value is -15.7. The third-order valence-electron chi connectivity index (χ3n) is 26.0. The van der Waals surface area contributed by atoms with Crippen LogP contribution in [-0.4, -0.2) is 13.7 Å². The van der Waals surface area contributed by atoms with Gasteiger partial charge in [0.1, 0.15) is 0 Å². The average molecular weight is 1650 g/mol. The van der Waals surface area contributed by atoms with Crippen molar-refractivity contribution in [2.24, 2.45) is 0 Å². The first-order valence-corrected chi connectivity index (χ1v) is 43.9. The van der Waals surface area contributed by atoms with Gasteiger partial charge in [-0.1, -0.05) is 380 Å². The second-order valence-electron chi connectivity index (χ2n) is 32.9. The van der Waals surface area contributed by atoms with Crippen LogP contribution in [0.25, 0.3) is 225 Å². The van der Waals surface area contributed by atoms with Gasteiger partial charge in [-0.05, 0) is 257 Å². The normalized spacial score (nSPS) is 11.8. The van der Waals surface area contributed by atoms with Crippen molar-refractivity contribution in [2.45, 2.75) is 6.42 Å². The molecule has 0 amide bonds. The lowest BCUT2D eigenvalue weighted by molar-refractivity contribution is 1.18. The van der Waals surface area contributed by atoms with Gasteiger partial charge in [-0.3, -0.25) is 0 Å². The van der Waals surface area contributed by atoms with Crippen molar-refractivity contribution in [2.75, 3.05) is 0 Å². The van der Waals surface area contributed by atoms with Crippen LogP contribution < -0.4 is 0 Å². The highest BCUT2D eigenvalue weighted by Gasteiger charge is 2.25. The molecule has 0 saturated heterocycles. The van der Waals surface area contributed by atoms with Gasteiger partial charge < -0.3 is 13.7 Å². The fourth-order valence-electron chi connectivity index (χ4n) is 20.5. The Morgan fingerprint density at radius 1 is 0.168 bits per heavy atom. The molecule has 125 heavy (non-hydrogen) atoms. The SMILES string of the molecule is Brc1ccc(-c2c3ccccc3c(-c3ccccc3)c3ccccc23)cc1.c1ccc(-c2c3ccccc3c(-c3ccc(-n4c5cc(-c6ccc7c(c6)c6ccccc6n7-c6ccccc6)ccc5c5c6ccccc6ccc54)cc3)c3ccccc23)cc1.c1ccc(-n2c3ccccc3c3cc(-c4ccc5c(c4)Cc4ccc6ccccc6c4-5)ccc32)cc1. The number of aromatic nitrogens is 3. The van der Waals surface area contributed by atoms with Gasteiger partial charge in [0.05, 0.1) is 33.1 Å². The van der Waals surface area contributed by atoms with Crippen LogP contribution in [0, 0.1) is 0 Å². The van der Waals surface area contributed by atoms with E-state index >= 15 is 0 Å². The first-order chi connectivity index (χ1) is 62.0. The molecule has 3 aromatic heterocycles. The first-order valence-electron chi connectivity index (χ1n) is 43.1. The highest BCUT2D eigenvalue weighted by Crippen LogP contribution is 2.50. The number of para-hydroxylation sites is 4. The highest BCUT2D eigenvalue weighted by atomic mass is 79.9. The zero-order valence-electron chi connectivity index (χ0n) is 68.3. The van der Waals surface area contributed by atoms with Crippen molar-refractivity contribution in [3.8, 4) is 95.0 Å². The van der Waals surface area contributed by atoms with E-state index in [-0.39, 0.29) is 0 Å². The maximum atomic E-state index is 3.56. The minimum atomic E-state index is 0.999. The van der Waals surface area contributed by atoms with Gasteiger partial charge >= 0.3 is 0 Å². The Morgan fingerprint density at radius 2 is 0.488 bits per heavy atom. The quantitative estimate of drug-likeness (QED) is 0.128. The first kappa shape index (κ1) is 73.2.